The number of aromatic nitrogens is 2. The monoisotopic (exact) mass is 348 g/mol. The summed E-state index contributed by atoms with van der Waals surface area (Å²) in [5.41, 5.74) is 2.16. The number of halogens is 1. The van der Waals surface area contributed by atoms with Crippen molar-refractivity contribution >= 4 is 33.3 Å². The number of nitrogens with zero attached hydrogens (tertiary/aromatic N) is 2. The molecule has 0 aliphatic rings. The van der Waals surface area contributed by atoms with Crippen molar-refractivity contribution in [2.75, 3.05) is 17.2 Å². The molecule has 1 heterocycles. The van der Waals surface area contributed by atoms with E-state index in [1.165, 1.54) is 0 Å². The Balaban J connectivity index is 2.28. The van der Waals surface area contributed by atoms with E-state index in [-0.39, 0.29) is 0 Å². The Bertz CT molecular complexity index is 586. The third-order valence-electron chi connectivity index (χ3n) is 3.08. The summed E-state index contributed by atoms with van der Waals surface area (Å²) in [7, 11) is 0. The van der Waals surface area contributed by atoms with Crippen LogP contribution in [0.15, 0.2) is 35.1 Å². The molecular formula is C16H21BrN4. The second kappa shape index (κ2) is 7.98. The van der Waals surface area contributed by atoms with Gasteiger partial charge in [0.25, 0.3) is 0 Å². The molecule has 0 unspecified atom stereocenters. The Labute approximate surface area is 134 Å². The second-order valence-corrected chi connectivity index (χ2v) is 5.78. The molecule has 0 radical (unpaired) electrons. The zero-order valence-corrected chi connectivity index (χ0v) is 14.1. The summed E-state index contributed by atoms with van der Waals surface area (Å²) in [5, 5.41) is 6.78. The highest BCUT2D eigenvalue weighted by atomic mass is 79.9. The largest absolute Gasteiger partial charge is 0.370 e. The average Bonchev–Trinajstić information content (AvgIpc) is 2.48. The molecule has 0 spiro atoms. The van der Waals surface area contributed by atoms with Gasteiger partial charge in [-0.3, -0.25) is 0 Å². The van der Waals surface area contributed by atoms with Gasteiger partial charge in [-0.2, -0.15) is 0 Å². The Morgan fingerprint density at radius 1 is 1.10 bits per heavy atom. The first-order valence-corrected chi connectivity index (χ1v) is 8.14. The van der Waals surface area contributed by atoms with Crippen molar-refractivity contribution in [2.24, 2.45) is 0 Å². The molecule has 0 fully saturated rings. The molecule has 0 aliphatic carbocycles. The zero-order valence-electron chi connectivity index (χ0n) is 12.5. The van der Waals surface area contributed by atoms with E-state index in [4.69, 9.17) is 0 Å². The highest BCUT2D eigenvalue weighted by Crippen LogP contribution is 2.26. The predicted molar refractivity (Wildman–Crippen MR) is 92.2 cm³/mol. The Morgan fingerprint density at radius 3 is 2.62 bits per heavy atom. The average molecular weight is 349 g/mol. The highest BCUT2D eigenvalue weighted by Gasteiger charge is 2.10. The van der Waals surface area contributed by atoms with Crippen LogP contribution in [0.2, 0.25) is 0 Å². The van der Waals surface area contributed by atoms with E-state index in [9.17, 15) is 0 Å². The second-order valence-electron chi connectivity index (χ2n) is 4.86. The van der Waals surface area contributed by atoms with Gasteiger partial charge in [-0.15, -0.1) is 0 Å². The topological polar surface area (TPSA) is 49.8 Å². The minimum absolute atomic E-state index is 0.878. The molecule has 0 aliphatic heterocycles. The van der Waals surface area contributed by atoms with Gasteiger partial charge in [-0.25, -0.2) is 9.97 Å². The van der Waals surface area contributed by atoms with Crippen molar-refractivity contribution in [3.63, 3.8) is 0 Å². The van der Waals surface area contributed by atoms with Crippen molar-refractivity contribution in [1.82, 2.24) is 9.97 Å². The maximum absolute atomic E-state index is 4.41. The summed E-state index contributed by atoms with van der Waals surface area (Å²) in [6.07, 6.45) is 4.69. The molecule has 21 heavy (non-hydrogen) atoms. The summed E-state index contributed by atoms with van der Waals surface area (Å²) in [6, 6.07) is 8.08. The summed E-state index contributed by atoms with van der Waals surface area (Å²) >= 11 is 3.49. The first-order valence-electron chi connectivity index (χ1n) is 7.35. The fraction of sp³-hybridized carbons (Fsp3) is 0.375. The Kier molecular flexibility index (Phi) is 5.99. The van der Waals surface area contributed by atoms with E-state index in [2.05, 4.69) is 50.4 Å². The van der Waals surface area contributed by atoms with E-state index in [1.54, 1.807) is 6.33 Å². The molecule has 1 aromatic carbocycles. The van der Waals surface area contributed by atoms with Crippen LogP contribution in [0.5, 0.6) is 0 Å². The molecule has 0 saturated heterocycles. The molecule has 4 nitrogen and oxygen atoms in total. The van der Waals surface area contributed by atoms with Gasteiger partial charge >= 0.3 is 0 Å². The van der Waals surface area contributed by atoms with Crippen LogP contribution < -0.4 is 10.6 Å². The third-order valence-corrected chi connectivity index (χ3v) is 3.57. The van der Waals surface area contributed by atoms with E-state index >= 15 is 0 Å². The molecule has 0 saturated carbocycles. The standard InChI is InChI=1S/C16H21BrN4/c1-3-6-14-15(18-9-4-2)19-11-20-16(14)21-13-8-5-7-12(17)10-13/h5,7-8,10-11H,3-4,6,9H2,1-2H3,(H2,18,19,20,21). The lowest BCUT2D eigenvalue weighted by Crippen LogP contribution is -2.09. The van der Waals surface area contributed by atoms with E-state index in [1.807, 2.05) is 24.3 Å². The van der Waals surface area contributed by atoms with Crippen molar-refractivity contribution in [3.05, 3.63) is 40.6 Å². The number of anilines is 3. The molecular weight excluding hydrogens is 328 g/mol. The van der Waals surface area contributed by atoms with Gasteiger partial charge in [0.1, 0.15) is 18.0 Å². The first kappa shape index (κ1) is 15.8. The third kappa shape index (κ3) is 4.43. The van der Waals surface area contributed by atoms with Crippen LogP contribution in [-0.4, -0.2) is 16.5 Å². The van der Waals surface area contributed by atoms with Gasteiger partial charge < -0.3 is 10.6 Å². The quantitative estimate of drug-likeness (QED) is 0.757. The number of rotatable bonds is 7. The van der Waals surface area contributed by atoms with E-state index in [0.29, 0.717) is 0 Å². The Morgan fingerprint density at radius 2 is 1.90 bits per heavy atom. The van der Waals surface area contributed by atoms with Gasteiger partial charge in [-0.1, -0.05) is 42.3 Å². The fourth-order valence-electron chi connectivity index (χ4n) is 2.11. The molecule has 2 aromatic rings. The van der Waals surface area contributed by atoms with Gasteiger partial charge in [0.15, 0.2) is 0 Å². The number of benzene rings is 1. The first-order chi connectivity index (χ1) is 10.2. The maximum Gasteiger partial charge on any atom is 0.139 e. The van der Waals surface area contributed by atoms with Gasteiger partial charge in [0.05, 0.1) is 0 Å². The summed E-state index contributed by atoms with van der Waals surface area (Å²) < 4.78 is 1.04. The van der Waals surface area contributed by atoms with Crippen molar-refractivity contribution in [3.8, 4) is 0 Å². The number of nitrogens with one attached hydrogen (secondary N) is 2. The predicted octanol–water partition coefficient (Wildman–Crippen LogP) is 4.76. The molecule has 112 valence electrons. The van der Waals surface area contributed by atoms with Crippen molar-refractivity contribution in [2.45, 2.75) is 33.1 Å². The molecule has 5 heteroatoms. The van der Waals surface area contributed by atoms with Gasteiger partial charge in [0, 0.05) is 22.3 Å². The lowest BCUT2D eigenvalue weighted by atomic mass is 10.1. The molecule has 2 N–H and O–H groups in total. The molecule has 2 rings (SSSR count). The van der Waals surface area contributed by atoms with Crippen LogP contribution in [-0.2, 0) is 6.42 Å². The minimum Gasteiger partial charge on any atom is -0.370 e. The smallest absolute Gasteiger partial charge is 0.139 e. The maximum atomic E-state index is 4.41. The van der Waals surface area contributed by atoms with Crippen LogP contribution >= 0.6 is 15.9 Å². The summed E-state index contributed by atoms with van der Waals surface area (Å²) in [5.74, 6) is 1.81. The lowest BCUT2D eigenvalue weighted by molar-refractivity contribution is 0.892. The minimum atomic E-state index is 0.878. The SMILES string of the molecule is CCCNc1ncnc(Nc2cccc(Br)c2)c1CCC. The van der Waals surface area contributed by atoms with E-state index < -0.39 is 0 Å². The summed E-state index contributed by atoms with van der Waals surface area (Å²) in [4.78, 5) is 8.80. The van der Waals surface area contributed by atoms with Crippen LogP contribution in [0.1, 0.15) is 32.3 Å². The zero-order chi connectivity index (χ0) is 15.1. The van der Waals surface area contributed by atoms with Crippen LogP contribution in [0.3, 0.4) is 0 Å². The number of hydrogen-bond donors (Lipinski definition) is 2. The Hall–Kier alpha value is -1.62. The number of hydrogen-bond acceptors (Lipinski definition) is 4. The lowest BCUT2D eigenvalue weighted by Gasteiger charge is -2.15. The fourth-order valence-corrected chi connectivity index (χ4v) is 2.50. The molecule has 1 aromatic heterocycles. The van der Waals surface area contributed by atoms with E-state index in [0.717, 1.165) is 53.2 Å². The van der Waals surface area contributed by atoms with Gasteiger partial charge in [0.2, 0.25) is 0 Å². The van der Waals surface area contributed by atoms with Crippen LogP contribution in [0, 0.1) is 0 Å². The van der Waals surface area contributed by atoms with Crippen molar-refractivity contribution in [1.29, 1.82) is 0 Å². The summed E-state index contributed by atoms with van der Waals surface area (Å²) in [6.45, 7) is 5.23. The van der Waals surface area contributed by atoms with Crippen molar-refractivity contribution < 1.29 is 0 Å². The van der Waals surface area contributed by atoms with Crippen LogP contribution in [0.25, 0.3) is 0 Å². The highest BCUT2D eigenvalue weighted by molar-refractivity contribution is 9.10. The molecule has 0 amide bonds. The van der Waals surface area contributed by atoms with Gasteiger partial charge in [-0.05, 0) is 31.0 Å². The van der Waals surface area contributed by atoms with Crippen LogP contribution in [0.4, 0.5) is 17.3 Å². The molecule has 0 atom stereocenters. The molecule has 0 bridgehead atoms. The normalized spacial score (nSPS) is 10.4.